The van der Waals surface area contributed by atoms with E-state index in [0.717, 1.165) is 0 Å². The second-order valence-corrected chi connectivity index (χ2v) is 4.97. The molecule has 0 aliphatic carbocycles. The third-order valence-electron chi connectivity index (χ3n) is 1.89. The van der Waals surface area contributed by atoms with Gasteiger partial charge in [0.1, 0.15) is 5.75 Å². The highest BCUT2D eigenvalue weighted by molar-refractivity contribution is 7.91. The van der Waals surface area contributed by atoms with Crippen LogP contribution in [0.5, 0.6) is 0 Å². The Bertz CT molecular complexity index is 537. The Labute approximate surface area is 94.2 Å². The van der Waals surface area contributed by atoms with E-state index in [1.54, 1.807) is 0 Å². The summed E-state index contributed by atoms with van der Waals surface area (Å²) in [4.78, 5) is 11.2. The van der Waals surface area contributed by atoms with Gasteiger partial charge in [0.15, 0.2) is 9.84 Å². The topological polar surface area (TPSA) is 60.4 Å². The summed E-state index contributed by atoms with van der Waals surface area (Å²) in [6.07, 6.45) is 4.96. The lowest BCUT2D eigenvalue weighted by molar-refractivity contribution is 0.0600. The molecule has 0 spiro atoms. The SMILES string of the molecule is C#CCS(=O)(=O)c1cccc(C(=O)OC)c1. The highest BCUT2D eigenvalue weighted by Gasteiger charge is 2.15. The molecular weight excluding hydrogens is 228 g/mol. The molecule has 0 saturated carbocycles. The first-order chi connectivity index (χ1) is 7.51. The summed E-state index contributed by atoms with van der Waals surface area (Å²) < 4.78 is 27.7. The van der Waals surface area contributed by atoms with E-state index in [1.165, 1.54) is 31.4 Å². The molecule has 0 atom stereocenters. The average Bonchev–Trinajstić information content (AvgIpc) is 2.28. The van der Waals surface area contributed by atoms with Crippen molar-refractivity contribution in [3.63, 3.8) is 0 Å². The van der Waals surface area contributed by atoms with Gasteiger partial charge in [-0.15, -0.1) is 6.42 Å². The number of hydrogen-bond donors (Lipinski definition) is 0. The second-order valence-electron chi connectivity index (χ2n) is 2.98. The van der Waals surface area contributed by atoms with Crippen LogP contribution in [-0.2, 0) is 14.6 Å². The van der Waals surface area contributed by atoms with Crippen molar-refractivity contribution in [1.82, 2.24) is 0 Å². The Morgan fingerprint density at radius 2 is 2.19 bits per heavy atom. The summed E-state index contributed by atoms with van der Waals surface area (Å²) in [6, 6.07) is 5.58. The number of carbonyl (C=O) groups is 1. The van der Waals surface area contributed by atoms with Crippen molar-refractivity contribution in [2.75, 3.05) is 12.9 Å². The molecule has 1 rings (SSSR count). The van der Waals surface area contributed by atoms with Gasteiger partial charge >= 0.3 is 5.97 Å². The zero-order chi connectivity index (χ0) is 12.2. The van der Waals surface area contributed by atoms with Crippen LogP contribution < -0.4 is 0 Å². The summed E-state index contributed by atoms with van der Waals surface area (Å²) in [7, 11) is -2.29. The molecule has 5 heteroatoms. The standard InChI is InChI=1S/C11H10O4S/c1-3-7-16(13,14)10-6-4-5-9(8-10)11(12)15-2/h1,4-6,8H,7H2,2H3. The fraction of sp³-hybridized carbons (Fsp3) is 0.182. The van der Waals surface area contributed by atoms with Crippen LogP contribution in [-0.4, -0.2) is 27.2 Å². The number of ether oxygens (including phenoxy) is 1. The molecule has 0 aliphatic heterocycles. The van der Waals surface area contributed by atoms with Gasteiger partial charge in [0.2, 0.25) is 0 Å². The average molecular weight is 238 g/mol. The minimum Gasteiger partial charge on any atom is -0.465 e. The fourth-order valence-corrected chi connectivity index (χ4v) is 2.11. The first-order valence-electron chi connectivity index (χ1n) is 4.36. The van der Waals surface area contributed by atoms with Gasteiger partial charge in [-0.25, -0.2) is 13.2 Å². The van der Waals surface area contributed by atoms with Crippen molar-refractivity contribution >= 4 is 15.8 Å². The molecule has 0 fully saturated rings. The zero-order valence-corrected chi connectivity index (χ0v) is 9.45. The maximum absolute atomic E-state index is 11.6. The fourth-order valence-electron chi connectivity index (χ4n) is 1.13. The Morgan fingerprint density at radius 1 is 1.50 bits per heavy atom. The smallest absolute Gasteiger partial charge is 0.337 e. The van der Waals surface area contributed by atoms with Crippen LogP contribution in [0, 0.1) is 12.3 Å². The number of sulfone groups is 1. The molecule has 16 heavy (non-hydrogen) atoms. The van der Waals surface area contributed by atoms with Crippen LogP contribution >= 0.6 is 0 Å². The minimum atomic E-state index is -3.52. The first-order valence-corrected chi connectivity index (χ1v) is 6.01. The molecular formula is C11H10O4S. The van der Waals surface area contributed by atoms with Gasteiger partial charge in [-0.3, -0.25) is 0 Å². The van der Waals surface area contributed by atoms with Gasteiger partial charge in [0, 0.05) is 0 Å². The quantitative estimate of drug-likeness (QED) is 0.579. The van der Waals surface area contributed by atoms with Crippen molar-refractivity contribution in [3.05, 3.63) is 29.8 Å². The molecule has 0 aromatic heterocycles. The number of carbonyl (C=O) groups excluding carboxylic acids is 1. The maximum atomic E-state index is 11.6. The number of rotatable bonds is 3. The van der Waals surface area contributed by atoms with E-state index in [2.05, 4.69) is 10.7 Å². The third-order valence-corrected chi connectivity index (χ3v) is 3.41. The van der Waals surface area contributed by atoms with E-state index >= 15 is 0 Å². The zero-order valence-electron chi connectivity index (χ0n) is 8.64. The number of esters is 1. The summed E-state index contributed by atoms with van der Waals surface area (Å²) >= 11 is 0. The largest absolute Gasteiger partial charge is 0.465 e. The normalized spacial score (nSPS) is 10.5. The van der Waals surface area contributed by atoms with Gasteiger partial charge in [-0.2, -0.15) is 0 Å². The Hall–Kier alpha value is -1.80. The molecule has 84 valence electrons. The lowest BCUT2D eigenvalue weighted by Gasteiger charge is -2.03. The number of benzene rings is 1. The predicted octanol–water partition coefficient (Wildman–Crippen LogP) is 0.880. The molecule has 1 aromatic carbocycles. The number of methoxy groups -OCH3 is 1. The van der Waals surface area contributed by atoms with Crippen LogP contribution in [0.15, 0.2) is 29.2 Å². The molecule has 0 amide bonds. The predicted molar refractivity (Wildman–Crippen MR) is 58.7 cm³/mol. The van der Waals surface area contributed by atoms with E-state index in [-0.39, 0.29) is 10.5 Å². The molecule has 0 saturated heterocycles. The van der Waals surface area contributed by atoms with Gasteiger partial charge in [-0.05, 0) is 18.2 Å². The summed E-state index contributed by atoms with van der Waals surface area (Å²) in [5.74, 6) is 1.09. The Kier molecular flexibility index (Phi) is 3.69. The van der Waals surface area contributed by atoms with E-state index in [1.807, 2.05) is 0 Å². The third kappa shape index (κ3) is 2.61. The highest BCUT2D eigenvalue weighted by Crippen LogP contribution is 2.13. The summed E-state index contributed by atoms with van der Waals surface area (Å²) in [5, 5.41) is 0. The molecule has 1 aromatic rings. The molecule has 0 bridgehead atoms. The Morgan fingerprint density at radius 3 is 2.75 bits per heavy atom. The van der Waals surface area contributed by atoms with E-state index in [0.29, 0.717) is 0 Å². The van der Waals surface area contributed by atoms with Crippen molar-refractivity contribution in [3.8, 4) is 12.3 Å². The van der Waals surface area contributed by atoms with E-state index < -0.39 is 21.6 Å². The van der Waals surface area contributed by atoms with Crippen LogP contribution in [0.2, 0.25) is 0 Å². The molecule has 0 aliphatic rings. The molecule has 0 unspecified atom stereocenters. The van der Waals surface area contributed by atoms with Gasteiger partial charge < -0.3 is 4.74 Å². The van der Waals surface area contributed by atoms with Crippen molar-refractivity contribution in [2.45, 2.75) is 4.90 Å². The summed E-state index contributed by atoms with van der Waals surface area (Å²) in [5.41, 5.74) is 0.181. The van der Waals surface area contributed by atoms with Gasteiger partial charge in [0.25, 0.3) is 0 Å². The van der Waals surface area contributed by atoms with Crippen LogP contribution in [0.25, 0.3) is 0 Å². The van der Waals surface area contributed by atoms with Gasteiger partial charge in [0.05, 0.1) is 17.6 Å². The lowest BCUT2D eigenvalue weighted by atomic mass is 10.2. The van der Waals surface area contributed by atoms with Crippen LogP contribution in [0.1, 0.15) is 10.4 Å². The minimum absolute atomic E-state index is 0.0216. The Balaban J connectivity index is 3.19. The maximum Gasteiger partial charge on any atom is 0.337 e. The van der Waals surface area contributed by atoms with Crippen LogP contribution in [0.4, 0.5) is 0 Å². The molecule has 0 radical (unpaired) electrons. The van der Waals surface area contributed by atoms with Crippen LogP contribution in [0.3, 0.4) is 0 Å². The molecule has 4 nitrogen and oxygen atoms in total. The number of terminal acetylenes is 1. The molecule has 0 heterocycles. The second kappa shape index (κ2) is 4.81. The lowest BCUT2D eigenvalue weighted by Crippen LogP contribution is -2.07. The van der Waals surface area contributed by atoms with E-state index in [4.69, 9.17) is 6.42 Å². The number of hydrogen-bond acceptors (Lipinski definition) is 4. The highest BCUT2D eigenvalue weighted by atomic mass is 32.2. The van der Waals surface area contributed by atoms with Crippen molar-refractivity contribution < 1.29 is 17.9 Å². The first kappa shape index (κ1) is 12.3. The van der Waals surface area contributed by atoms with Gasteiger partial charge in [-0.1, -0.05) is 12.0 Å². The monoisotopic (exact) mass is 238 g/mol. The molecule has 0 N–H and O–H groups in total. The summed E-state index contributed by atoms with van der Waals surface area (Å²) in [6.45, 7) is 0. The van der Waals surface area contributed by atoms with Crippen molar-refractivity contribution in [2.24, 2.45) is 0 Å². The van der Waals surface area contributed by atoms with Crippen molar-refractivity contribution in [1.29, 1.82) is 0 Å². The van der Waals surface area contributed by atoms with E-state index in [9.17, 15) is 13.2 Å².